The van der Waals surface area contributed by atoms with Crippen LogP contribution >= 0.6 is 11.8 Å². The Morgan fingerprint density at radius 2 is 1.91 bits per heavy atom. The number of aromatic nitrogens is 1. The summed E-state index contributed by atoms with van der Waals surface area (Å²) >= 11 is 1.66. The maximum Gasteiger partial charge on any atom is 0.125 e. The van der Waals surface area contributed by atoms with E-state index in [1.54, 1.807) is 17.8 Å². The Bertz CT molecular complexity index is 830. The summed E-state index contributed by atoms with van der Waals surface area (Å²) in [5, 5.41) is 0.902. The van der Waals surface area contributed by atoms with E-state index in [1.165, 1.54) is 12.1 Å². The zero-order valence-electron chi connectivity index (χ0n) is 12.5. The Hall–Kier alpha value is -1.91. The van der Waals surface area contributed by atoms with Crippen molar-refractivity contribution in [2.45, 2.75) is 17.9 Å². The van der Waals surface area contributed by atoms with Gasteiger partial charge in [0.05, 0.1) is 11.2 Å². The van der Waals surface area contributed by atoms with Crippen LogP contribution in [0, 0.1) is 5.82 Å². The van der Waals surface area contributed by atoms with Gasteiger partial charge in [0.15, 0.2) is 0 Å². The number of nitrogens with two attached hydrogens (primary N) is 1. The van der Waals surface area contributed by atoms with Crippen molar-refractivity contribution in [2.24, 2.45) is 5.73 Å². The van der Waals surface area contributed by atoms with Gasteiger partial charge in [-0.2, -0.15) is 0 Å². The first kappa shape index (κ1) is 15.0. The molecule has 0 spiro atoms. The number of benzene rings is 2. The first-order valence-electron chi connectivity index (χ1n) is 7.09. The molecule has 22 heavy (non-hydrogen) atoms. The fourth-order valence-electron chi connectivity index (χ4n) is 2.56. The minimum atomic E-state index is -0.280. The second-order valence-electron chi connectivity index (χ2n) is 5.25. The molecule has 2 N–H and O–H groups in total. The van der Waals surface area contributed by atoms with E-state index < -0.39 is 0 Å². The second kappa shape index (κ2) is 6.07. The van der Waals surface area contributed by atoms with E-state index in [9.17, 15) is 4.39 Å². The van der Waals surface area contributed by atoms with Gasteiger partial charge in [-0.15, -0.1) is 11.8 Å². The van der Waals surface area contributed by atoms with E-state index in [2.05, 4.69) is 6.07 Å². The molecule has 1 aromatic heterocycles. The molecule has 3 aromatic rings. The molecule has 0 aliphatic carbocycles. The molecule has 112 valence electrons. The molecule has 0 radical (unpaired) electrons. The molecule has 2 aromatic carbocycles. The van der Waals surface area contributed by atoms with Gasteiger partial charge in [-0.05, 0) is 43.0 Å². The summed E-state index contributed by atoms with van der Waals surface area (Å²) in [5.74, 6) is -0.280. The van der Waals surface area contributed by atoms with Crippen LogP contribution in [0.3, 0.4) is 0 Å². The summed E-state index contributed by atoms with van der Waals surface area (Å²) in [6, 6.07) is 14.6. The van der Waals surface area contributed by atoms with E-state index >= 15 is 0 Å². The Morgan fingerprint density at radius 3 is 2.64 bits per heavy atom. The van der Waals surface area contributed by atoms with Crippen molar-refractivity contribution in [3.05, 3.63) is 59.9 Å². The number of hydrogen-bond donors (Lipinski definition) is 1. The molecule has 0 saturated carbocycles. The number of pyridine rings is 1. The van der Waals surface area contributed by atoms with E-state index in [-0.39, 0.29) is 11.9 Å². The highest BCUT2D eigenvalue weighted by Gasteiger charge is 2.15. The molecule has 0 bridgehead atoms. The van der Waals surface area contributed by atoms with Crippen LogP contribution in [-0.4, -0.2) is 11.2 Å². The van der Waals surface area contributed by atoms with Gasteiger partial charge in [-0.25, -0.2) is 9.37 Å². The average molecular weight is 312 g/mol. The zero-order chi connectivity index (χ0) is 15.7. The number of halogens is 1. The quantitative estimate of drug-likeness (QED) is 0.707. The molecule has 1 atom stereocenters. The minimum Gasteiger partial charge on any atom is -0.324 e. The van der Waals surface area contributed by atoms with Crippen LogP contribution in [0.15, 0.2) is 53.4 Å². The SMILES string of the molecule is CSc1ccccc1-c1nc2cc(F)ccc2cc1[C@H](C)N. The summed E-state index contributed by atoms with van der Waals surface area (Å²) in [4.78, 5) is 5.83. The third-order valence-electron chi connectivity index (χ3n) is 3.66. The molecule has 4 heteroatoms. The maximum atomic E-state index is 13.5. The molecule has 0 unspecified atom stereocenters. The van der Waals surface area contributed by atoms with Crippen LogP contribution < -0.4 is 5.73 Å². The molecule has 1 heterocycles. The topological polar surface area (TPSA) is 38.9 Å². The molecular weight excluding hydrogens is 295 g/mol. The molecule has 0 fully saturated rings. The van der Waals surface area contributed by atoms with E-state index in [0.29, 0.717) is 5.52 Å². The lowest BCUT2D eigenvalue weighted by atomic mass is 9.99. The van der Waals surface area contributed by atoms with E-state index in [1.807, 2.05) is 37.4 Å². The molecule has 0 aliphatic rings. The number of thioether (sulfide) groups is 1. The number of fused-ring (bicyclic) bond motifs is 1. The van der Waals surface area contributed by atoms with Crippen LogP contribution in [0.4, 0.5) is 4.39 Å². The first-order valence-corrected chi connectivity index (χ1v) is 8.32. The summed E-state index contributed by atoms with van der Waals surface area (Å²) in [7, 11) is 0. The lowest BCUT2D eigenvalue weighted by Gasteiger charge is -2.16. The summed E-state index contributed by atoms with van der Waals surface area (Å²) < 4.78 is 13.5. The van der Waals surface area contributed by atoms with E-state index in [0.717, 1.165) is 27.1 Å². The minimum absolute atomic E-state index is 0.146. The van der Waals surface area contributed by atoms with Gasteiger partial charge in [-0.3, -0.25) is 0 Å². The molecule has 0 amide bonds. The third kappa shape index (κ3) is 2.72. The monoisotopic (exact) mass is 312 g/mol. The van der Waals surface area contributed by atoms with Gasteiger partial charge in [0.2, 0.25) is 0 Å². The van der Waals surface area contributed by atoms with Crippen molar-refractivity contribution < 1.29 is 4.39 Å². The van der Waals surface area contributed by atoms with Gasteiger partial charge >= 0.3 is 0 Å². The third-order valence-corrected chi connectivity index (χ3v) is 4.46. The van der Waals surface area contributed by atoms with Gasteiger partial charge in [-0.1, -0.05) is 18.2 Å². The van der Waals surface area contributed by atoms with Gasteiger partial charge in [0.1, 0.15) is 5.82 Å². The number of rotatable bonds is 3. The van der Waals surface area contributed by atoms with Crippen LogP contribution in [0.2, 0.25) is 0 Å². The second-order valence-corrected chi connectivity index (χ2v) is 6.10. The smallest absolute Gasteiger partial charge is 0.125 e. The number of hydrogen-bond acceptors (Lipinski definition) is 3. The Morgan fingerprint density at radius 1 is 1.14 bits per heavy atom. The molecular formula is C18H17FN2S. The van der Waals surface area contributed by atoms with Crippen molar-refractivity contribution in [1.82, 2.24) is 4.98 Å². The molecule has 3 rings (SSSR count). The van der Waals surface area contributed by atoms with E-state index in [4.69, 9.17) is 10.7 Å². The van der Waals surface area contributed by atoms with Gasteiger partial charge < -0.3 is 5.73 Å². The summed E-state index contributed by atoms with van der Waals surface area (Å²) in [5.41, 5.74) is 9.63. The lowest BCUT2D eigenvalue weighted by Crippen LogP contribution is -2.08. The normalized spacial score (nSPS) is 12.5. The van der Waals surface area contributed by atoms with Crippen LogP contribution in [0.25, 0.3) is 22.2 Å². The van der Waals surface area contributed by atoms with Gasteiger partial charge in [0.25, 0.3) is 0 Å². The predicted octanol–water partition coefficient (Wildman–Crippen LogP) is 4.78. The fourth-order valence-corrected chi connectivity index (χ4v) is 3.16. The Labute approximate surface area is 133 Å². The van der Waals surface area contributed by atoms with Crippen molar-refractivity contribution in [3.63, 3.8) is 0 Å². The highest BCUT2D eigenvalue weighted by molar-refractivity contribution is 7.98. The average Bonchev–Trinajstić information content (AvgIpc) is 2.53. The lowest BCUT2D eigenvalue weighted by molar-refractivity contribution is 0.629. The first-order chi connectivity index (χ1) is 10.6. The van der Waals surface area contributed by atoms with Crippen molar-refractivity contribution in [1.29, 1.82) is 0 Å². The van der Waals surface area contributed by atoms with Crippen LogP contribution in [0.5, 0.6) is 0 Å². The molecule has 2 nitrogen and oxygen atoms in total. The fraction of sp³-hybridized carbons (Fsp3) is 0.167. The standard InChI is InChI=1S/C18H17FN2S/c1-11(20)15-9-12-7-8-13(19)10-16(12)21-18(15)14-5-3-4-6-17(14)22-2/h3-11H,20H2,1-2H3/t11-/m0/s1. The largest absolute Gasteiger partial charge is 0.324 e. The Balaban J connectivity index is 2.33. The maximum absolute atomic E-state index is 13.5. The highest BCUT2D eigenvalue weighted by Crippen LogP contribution is 2.34. The Kier molecular flexibility index (Phi) is 4.14. The van der Waals surface area contributed by atoms with Crippen molar-refractivity contribution >= 4 is 22.7 Å². The number of nitrogens with zero attached hydrogens (tertiary/aromatic N) is 1. The molecule has 0 saturated heterocycles. The van der Waals surface area contributed by atoms with Crippen LogP contribution in [0.1, 0.15) is 18.5 Å². The summed E-state index contributed by atoms with van der Waals surface area (Å²) in [6.07, 6.45) is 2.03. The highest BCUT2D eigenvalue weighted by atomic mass is 32.2. The van der Waals surface area contributed by atoms with Crippen molar-refractivity contribution in [3.8, 4) is 11.3 Å². The zero-order valence-corrected chi connectivity index (χ0v) is 13.3. The van der Waals surface area contributed by atoms with Crippen molar-refractivity contribution in [2.75, 3.05) is 6.26 Å². The van der Waals surface area contributed by atoms with Crippen LogP contribution in [-0.2, 0) is 0 Å². The summed E-state index contributed by atoms with van der Waals surface area (Å²) in [6.45, 7) is 1.94. The van der Waals surface area contributed by atoms with Gasteiger partial charge in [0, 0.05) is 28.0 Å². The predicted molar refractivity (Wildman–Crippen MR) is 91.5 cm³/mol. The molecule has 0 aliphatic heterocycles.